The molecule has 6 heteroatoms. The van der Waals surface area contributed by atoms with E-state index < -0.39 is 10.9 Å². The predicted octanol–water partition coefficient (Wildman–Crippen LogP) is 0.273. The second-order valence-corrected chi connectivity index (χ2v) is 2.48. The summed E-state index contributed by atoms with van der Waals surface area (Å²) < 4.78 is 8.70. The van der Waals surface area contributed by atoms with Gasteiger partial charge in [-0.3, -0.25) is 0 Å². The van der Waals surface area contributed by atoms with E-state index in [9.17, 15) is 9.59 Å². The number of hydrogen-bond acceptors (Lipinski definition) is 6. The van der Waals surface area contributed by atoms with Crippen LogP contribution in [0.5, 0.6) is 0 Å². The molecule has 60 valence electrons. The van der Waals surface area contributed by atoms with Crippen molar-refractivity contribution in [1.29, 1.82) is 0 Å². The standard InChI is InChI=1S/C5H5NO4S/c1-2-9-4(7)3-6-10-5(8)11-3/h2H2,1H3. The van der Waals surface area contributed by atoms with Crippen LogP contribution in [0.4, 0.5) is 0 Å². The van der Waals surface area contributed by atoms with Crippen molar-refractivity contribution in [3.8, 4) is 0 Å². The molecular formula is C5H5NO4S. The molecule has 0 unspecified atom stereocenters. The van der Waals surface area contributed by atoms with E-state index in [2.05, 4.69) is 14.4 Å². The van der Waals surface area contributed by atoms with Crippen molar-refractivity contribution in [3.05, 3.63) is 14.7 Å². The van der Waals surface area contributed by atoms with Crippen LogP contribution < -0.4 is 4.94 Å². The number of carbonyl (C=O) groups is 1. The fraction of sp³-hybridized carbons (Fsp3) is 0.400. The van der Waals surface area contributed by atoms with Gasteiger partial charge in [0.15, 0.2) is 0 Å². The first-order chi connectivity index (χ1) is 5.24. The molecule has 0 saturated heterocycles. The molecule has 0 bridgehead atoms. The topological polar surface area (TPSA) is 69.4 Å². The number of aromatic nitrogens is 1. The Morgan fingerprint density at radius 2 is 2.55 bits per heavy atom. The normalized spacial score (nSPS) is 9.55. The highest BCUT2D eigenvalue weighted by Gasteiger charge is 2.12. The first kappa shape index (κ1) is 7.93. The highest BCUT2D eigenvalue weighted by Crippen LogP contribution is 1.99. The van der Waals surface area contributed by atoms with Crippen molar-refractivity contribution in [3.63, 3.8) is 0 Å². The zero-order chi connectivity index (χ0) is 8.27. The lowest BCUT2D eigenvalue weighted by molar-refractivity contribution is 0.0519. The Labute approximate surface area is 65.6 Å². The number of ether oxygens (including phenoxy) is 1. The van der Waals surface area contributed by atoms with Gasteiger partial charge in [-0.2, -0.15) is 0 Å². The van der Waals surface area contributed by atoms with Crippen molar-refractivity contribution in [2.45, 2.75) is 6.92 Å². The summed E-state index contributed by atoms with van der Waals surface area (Å²) in [6.45, 7) is 1.92. The second kappa shape index (κ2) is 3.29. The van der Waals surface area contributed by atoms with Crippen LogP contribution in [0.15, 0.2) is 9.32 Å². The zero-order valence-corrected chi connectivity index (χ0v) is 6.51. The van der Waals surface area contributed by atoms with Crippen LogP contribution >= 0.6 is 11.3 Å². The second-order valence-electron chi connectivity index (χ2n) is 1.56. The molecule has 0 atom stereocenters. The lowest BCUT2D eigenvalue weighted by Crippen LogP contribution is -2.03. The quantitative estimate of drug-likeness (QED) is 0.603. The van der Waals surface area contributed by atoms with E-state index in [0.717, 1.165) is 0 Å². The van der Waals surface area contributed by atoms with Crippen LogP contribution in [0.3, 0.4) is 0 Å². The maximum absolute atomic E-state index is 10.8. The monoisotopic (exact) mass is 175 g/mol. The van der Waals surface area contributed by atoms with Crippen molar-refractivity contribution >= 4 is 17.3 Å². The third-order valence-electron chi connectivity index (χ3n) is 0.833. The van der Waals surface area contributed by atoms with Crippen LogP contribution in [0.2, 0.25) is 0 Å². The van der Waals surface area contributed by atoms with Gasteiger partial charge < -0.3 is 9.26 Å². The third-order valence-corrected chi connectivity index (χ3v) is 1.51. The molecule has 0 radical (unpaired) electrons. The minimum Gasteiger partial charge on any atom is -0.461 e. The van der Waals surface area contributed by atoms with E-state index in [-0.39, 0.29) is 11.6 Å². The average Bonchev–Trinajstić information content (AvgIpc) is 2.36. The van der Waals surface area contributed by atoms with Gasteiger partial charge in [0.25, 0.3) is 0 Å². The van der Waals surface area contributed by atoms with Crippen molar-refractivity contribution < 1.29 is 14.1 Å². The highest BCUT2D eigenvalue weighted by atomic mass is 32.1. The molecule has 11 heavy (non-hydrogen) atoms. The van der Waals surface area contributed by atoms with E-state index in [4.69, 9.17) is 0 Å². The van der Waals surface area contributed by atoms with Gasteiger partial charge in [0.1, 0.15) is 0 Å². The summed E-state index contributed by atoms with van der Waals surface area (Å²) in [5.41, 5.74) is 0. The molecule has 0 N–H and O–H groups in total. The van der Waals surface area contributed by atoms with E-state index in [0.29, 0.717) is 11.3 Å². The first-order valence-corrected chi connectivity index (χ1v) is 3.69. The molecule has 1 heterocycles. The van der Waals surface area contributed by atoms with Gasteiger partial charge in [0.2, 0.25) is 5.01 Å². The van der Waals surface area contributed by atoms with E-state index >= 15 is 0 Å². The SMILES string of the molecule is CCOC(=O)c1noc(=O)s1. The number of rotatable bonds is 2. The Kier molecular flexibility index (Phi) is 2.37. The van der Waals surface area contributed by atoms with Gasteiger partial charge in [0, 0.05) is 0 Å². The van der Waals surface area contributed by atoms with Gasteiger partial charge >= 0.3 is 10.9 Å². The summed E-state index contributed by atoms with van der Waals surface area (Å²) in [5, 5.41) is 3.15. The van der Waals surface area contributed by atoms with Crippen molar-refractivity contribution in [2.24, 2.45) is 0 Å². The molecule has 5 nitrogen and oxygen atoms in total. The Morgan fingerprint density at radius 3 is 3.00 bits per heavy atom. The molecule has 1 aromatic heterocycles. The van der Waals surface area contributed by atoms with Crippen LogP contribution in [0.1, 0.15) is 16.7 Å². The smallest absolute Gasteiger partial charge is 0.418 e. The number of carbonyl (C=O) groups excluding carboxylic acids is 1. The van der Waals surface area contributed by atoms with Crippen molar-refractivity contribution in [2.75, 3.05) is 6.61 Å². The molecule has 0 aliphatic carbocycles. The Morgan fingerprint density at radius 1 is 1.82 bits per heavy atom. The van der Waals surface area contributed by atoms with Gasteiger partial charge in [-0.05, 0) is 18.3 Å². The molecule has 0 aromatic carbocycles. The maximum atomic E-state index is 10.8. The number of nitrogens with zero attached hydrogens (tertiary/aromatic N) is 1. The van der Waals surface area contributed by atoms with Crippen LogP contribution in [0, 0.1) is 0 Å². The summed E-state index contributed by atoms with van der Waals surface area (Å²) in [6.07, 6.45) is 0. The molecule has 0 spiro atoms. The van der Waals surface area contributed by atoms with Crippen molar-refractivity contribution in [1.82, 2.24) is 5.16 Å². The minimum absolute atomic E-state index is 0.0446. The summed E-state index contributed by atoms with van der Waals surface area (Å²) in [4.78, 5) is 20.6. The molecule has 1 rings (SSSR count). The van der Waals surface area contributed by atoms with Gasteiger partial charge in [-0.25, -0.2) is 9.59 Å². The highest BCUT2D eigenvalue weighted by molar-refractivity contribution is 7.10. The molecular weight excluding hydrogens is 170 g/mol. The fourth-order valence-corrected chi connectivity index (χ4v) is 0.916. The average molecular weight is 175 g/mol. The minimum atomic E-state index is -0.622. The number of hydrogen-bond donors (Lipinski definition) is 0. The Hall–Kier alpha value is -1.17. The summed E-state index contributed by atoms with van der Waals surface area (Å²) in [5.74, 6) is -0.622. The molecule has 1 aromatic rings. The predicted molar refractivity (Wildman–Crippen MR) is 36.6 cm³/mol. The van der Waals surface area contributed by atoms with Gasteiger partial charge in [0.05, 0.1) is 6.61 Å². The lowest BCUT2D eigenvalue weighted by atomic mass is 10.7. The molecule has 0 aliphatic rings. The first-order valence-electron chi connectivity index (χ1n) is 2.88. The third kappa shape index (κ3) is 1.87. The zero-order valence-electron chi connectivity index (χ0n) is 5.70. The van der Waals surface area contributed by atoms with Crippen LogP contribution in [-0.2, 0) is 4.74 Å². The maximum Gasteiger partial charge on any atom is 0.418 e. The van der Waals surface area contributed by atoms with Gasteiger partial charge in [-0.15, -0.1) is 0 Å². The number of esters is 1. The Bertz CT molecular complexity index is 301. The fourth-order valence-electron chi connectivity index (χ4n) is 0.467. The summed E-state index contributed by atoms with van der Waals surface area (Å²) in [7, 11) is 0. The van der Waals surface area contributed by atoms with Crippen LogP contribution in [0.25, 0.3) is 0 Å². The van der Waals surface area contributed by atoms with E-state index in [1.165, 1.54) is 0 Å². The largest absolute Gasteiger partial charge is 0.461 e. The van der Waals surface area contributed by atoms with E-state index in [1.54, 1.807) is 6.92 Å². The molecule has 0 fully saturated rings. The summed E-state index contributed by atoms with van der Waals surface area (Å²) >= 11 is 0.628. The lowest BCUT2D eigenvalue weighted by Gasteiger charge is -1.92. The molecule has 0 saturated carbocycles. The van der Waals surface area contributed by atoms with E-state index in [1.807, 2.05) is 0 Å². The molecule has 0 amide bonds. The molecule has 0 aliphatic heterocycles. The summed E-state index contributed by atoms with van der Waals surface area (Å²) in [6, 6.07) is 0. The van der Waals surface area contributed by atoms with Gasteiger partial charge in [-0.1, -0.05) is 5.16 Å². The Balaban J connectivity index is 2.76. The van der Waals surface area contributed by atoms with Crippen LogP contribution in [-0.4, -0.2) is 17.7 Å².